The molecule has 0 saturated heterocycles. The van der Waals surface area contributed by atoms with E-state index in [0.717, 1.165) is 36.3 Å². The van der Waals surface area contributed by atoms with Crippen LogP contribution in [0.25, 0.3) is 0 Å². The van der Waals surface area contributed by atoms with E-state index in [9.17, 15) is 4.79 Å². The van der Waals surface area contributed by atoms with E-state index in [4.69, 9.17) is 0 Å². The zero-order valence-electron chi connectivity index (χ0n) is 15.7. The third-order valence-corrected chi connectivity index (χ3v) is 3.64. The van der Waals surface area contributed by atoms with Gasteiger partial charge in [-0.3, -0.25) is 4.79 Å². The van der Waals surface area contributed by atoms with Crippen molar-refractivity contribution in [1.29, 1.82) is 0 Å². The number of hydrogen-bond donors (Lipinski definition) is 2. The second-order valence-corrected chi connectivity index (χ2v) is 6.60. The van der Waals surface area contributed by atoms with Crippen LogP contribution in [0.5, 0.6) is 0 Å². The van der Waals surface area contributed by atoms with Crippen LogP contribution in [0.15, 0.2) is 24.3 Å². The van der Waals surface area contributed by atoms with E-state index in [1.54, 1.807) is 13.0 Å². The average molecular weight is 341 g/mol. The molecule has 1 heterocycles. The lowest BCUT2D eigenvalue weighted by atomic mass is 10.1. The molecular weight excluding hydrogens is 314 g/mol. The van der Waals surface area contributed by atoms with E-state index in [2.05, 4.69) is 31.6 Å². The Kier molecular flexibility index (Phi) is 6.47. The number of aryl methyl sites for hydroxylation is 3. The Labute approximate surface area is 149 Å². The van der Waals surface area contributed by atoms with E-state index >= 15 is 0 Å². The lowest BCUT2D eigenvalue weighted by Crippen LogP contribution is -2.18. The van der Waals surface area contributed by atoms with Gasteiger partial charge in [0.15, 0.2) is 0 Å². The number of amides is 1. The van der Waals surface area contributed by atoms with Crippen LogP contribution in [0.2, 0.25) is 0 Å². The third kappa shape index (κ3) is 6.15. The van der Waals surface area contributed by atoms with Gasteiger partial charge in [0.25, 0.3) is 5.91 Å². The number of nitrogens with one attached hydrogen (secondary N) is 2. The first-order chi connectivity index (χ1) is 11.8. The molecule has 0 fully saturated rings. The summed E-state index contributed by atoms with van der Waals surface area (Å²) in [6.45, 7) is 7.60. The second kappa shape index (κ2) is 8.58. The summed E-state index contributed by atoms with van der Waals surface area (Å²) in [6, 6.07) is 7.65. The molecule has 134 valence electrons. The minimum Gasteiger partial charge on any atom is -0.370 e. The SMILES string of the molecule is Cc1cc(C)cc(NC(=O)c2cc(NCCCN(C)C)nc(C)n2)c1. The van der Waals surface area contributed by atoms with Crippen LogP contribution in [-0.4, -0.2) is 48.0 Å². The summed E-state index contributed by atoms with van der Waals surface area (Å²) in [5, 5.41) is 6.17. The van der Waals surface area contributed by atoms with Crippen LogP contribution in [0.3, 0.4) is 0 Å². The Morgan fingerprint density at radius 3 is 2.36 bits per heavy atom. The van der Waals surface area contributed by atoms with Gasteiger partial charge in [-0.25, -0.2) is 9.97 Å². The highest BCUT2D eigenvalue weighted by molar-refractivity contribution is 6.03. The fourth-order valence-corrected chi connectivity index (χ4v) is 2.63. The van der Waals surface area contributed by atoms with Crippen molar-refractivity contribution in [2.75, 3.05) is 37.8 Å². The summed E-state index contributed by atoms with van der Waals surface area (Å²) in [5.74, 6) is 1.02. The van der Waals surface area contributed by atoms with Crippen molar-refractivity contribution < 1.29 is 4.79 Å². The maximum absolute atomic E-state index is 12.5. The van der Waals surface area contributed by atoms with Crippen molar-refractivity contribution in [1.82, 2.24) is 14.9 Å². The lowest BCUT2D eigenvalue weighted by Gasteiger charge is -2.12. The number of anilines is 2. The number of carbonyl (C=O) groups is 1. The van der Waals surface area contributed by atoms with Gasteiger partial charge in [-0.2, -0.15) is 0 Å². The molecule has 0 aliphatic carbocycles. The topological polar surface area (TPSA) is 70.2 Å². The van der Waals surface area contributed by atoms with Crippen LogP contribution >= 0.6 is 0 Å². The number of aromatic nitrogens is 2. The van der Waals surface area contributed by atoms with Crippen molar-refractivity contribution in [3.63, 3.8) is 0 Å². The highest BCUT2D eigenvalue weighted by atomic mass is 16.1. The van der Waals surface area contributed by atoms with Gasteiger partial charge in [-0.15, -0.1) is 0 Å². The molecule has 0 radical (unpaired) electrons. The predicted octanol–water partition coefficient (Wildman–Crippen LogP) is 3.02. The van der Waals surface area contributed by atoms with Crippen LogP contribution < -0.4 is 10.6 Å². The minimum atomic E-state index is -0.230. The summed E-state index contributed by atoms with van der Waals surface area (Å²) in [4.78, 5) is 23.3. The number of rotatable bonds is 7. The van der Waals surface area contributed by atoms with Gasteiger partial charge in [-0.1, -0.05) is 6.07 Å². The molecule has 1 amide bonds. The predicted molar refractivity (Wildman–Crippen MR) is 102 cm³/mol. The van der Waals surface area contributed by atoms with Crippen molar-refractivity contribution in [3.05, 3.63) is 46.9 Å². The molecule has 0 spiro atoms. The minimum absolute atomic E-state index is 0.230. The molecule has 25 heavy (non-hydrogen) atoms. The molecule has 0 aliphatic heterocycles. The third-order valence-electron chi connectivity index (χ3n) is 3.64. The summed E-state index contributed by atoms with van der Waals surface area (Å²) in [5.41, 5.74) is 3.36. The highest BCUT2D eigenvalue weighted by Gasteiger charge is 2.11. The van der Waals surface area contributed by atoms with Gasteiger partial charge in [0.1, 0.15) is 17.3 Å². The monoisotopic (exact) mass is 341 g/mol. The Hall–Kier alpha value is -2.47. The molecule has 2 aromatic rings. The molecule has 0 aliphatic rings. The molecule has 6 heteroatoms. The fourth-order valence-electron chi connectivity index (χ4n) is 2.63. The normalized spacial score (nSPS) is 10.8. The summed E-state index contributed by atoms with van der Waals surface area (Å²) in [6.07, 6.45) is 1.00. The molecule has 1 aromatic heterocycles. The molecule has 0 unspecified atom stereocenters. The van der Waals surface area contributed by atoms with Crippen LogP contribution in [0.4, 0.5) is 11.5 Å². The maximum atomic E-state index is 12.5. The molecule has 1 aromatic carbocycles. The quantitative estimate of drug-likeness (QED) is 0.758. The number of benzene rings is 1. The number of nitrogens with zero attached hydrogens (tertiary/aromatic N) is 3. The molecule has 2 rings (SSSR count). The zero-order valence-corrected chi connectivity index (χ0v) is 15.7. The second-order valence-electron chi connectivity index (χ2n) is 6.60. The summed E-state index contributed by atoms with van der Waals surface area (Å²) < 4.78 is 0. The van der Waals surface area contributed by atoms with E-state index in [0.29, 0.717) is 17.3 Å². The highest BCUT2D eigenvalue weighted by Crippen LogP contribution is 2.15. The van der Waals surface area contributed by atoms with Crippen molar-refractivity contribution in [2.24, 2.45) is 0 Å². The first-order valence-electron chi connectivity index (χ1n) is 8.47. The molecule has 2 N–H and O–H groups in total. The smallest absolute Gasteiger partial charge is 0.274 e. The Bertz CT molecular complexity index is 722. The maximum Gasteiger partial charge on any atom is 0.274 e. The fraction of sp³-hybridized carbons (Fsp3) is 0.421. The van der Waals surface area contributed by atoms with Gasteiger partial charge in [0, 0.05) is 18.3 Å². The van der Waals surface area contributed by atoms with Crippen molar-refractivity contribution >= 4 is 17.4 Å². The number of carbonyl (C=O) groups excluding carboxylic acids is 1. The molecular formula is C19H27N5O. The standard InChI is InChI=1S/C19H27N5O/c1-13-9-14(2)11-16(10-13)23-19(25)17-12-18(22-15(3)21-17)20-7-6-8-24(4)5/h9-12H,6-8H2,1-5H3,(H,23,25)(H,20,21,22). The van der Waals surface area contributed by atoms with E-state index in [1.165, 1.54) is 0 Å². The number of hydrogen-bond acceptors (Lipinski definition) is 5. The summed E-state index contributed by atoms with van der Waals surface area (Å²) in [7, 11) is 4.09. The molecule has 6 nitrogen and oxygen atoms in total. The molecule has 0 saturated carbocycles. The van der Waals surface area contributed by atoms with Crippen LogP contribution in [-0.2, 0) is 0 Å². The van der Waals surface area contributed by atoms with E-state index in [1.807, 2.05) is 40.1 Å². The van der Waals surface area contributed by atoms with Crippen molar-refractivity contribution in [3.8, 4) is 0 Å². The van der Waals surface area contributed by atoms with Crippen molar-refractivity contribution in [2.45, 2.75) is 27.2 Å². The Morgan fingerprint density at radius 2 is 1.72 bits per heavy atom. The molecule has 0 atom stereocenters. The van der Waals surface area contributed by atoms with Crippen LogP contribution in [0.1, 0.15) is 33.9 Å². The lowest BCUT2D eigenvalue weighted by molar-refractivity contribution is 0.102. The van der Waals surface area contributed by atoms with E-state index < -0.39 is 0 Å². The van der Waals surface area contributed by atoms with Gasteiger partial charge >= 0.3 is 0 Å². The Balaban J connectivity index is 2.06. The largest absolute Gasteiger partial charge is 0.370 e. The van der Waals surface area contributed by atoms with Gasteiger partial charge < -0.3 is 15.5 Å². The van der Waals surface area contributed by atoms with Crippen LogP contribution in [0, 0.1) is 20.8 Å². The summed E-state index contributed by atoms with van der Waals surface area (Å²) >= 11 is 0. The van der Waals surface area contributed by atoms with E-state index in [-0.39, 0.29) is 5.91 Å². The first-order valence-corrected chi connectivity index (χ1v) is 8.47. The first kappa shape index (κ1) is 18.9. The molecule has 0 bridgehead atoms. The van der Waals surface area contributed by atoms with Gasteiger partial charge in [0.2, 0.25) is 0 Å². The Morgan fingerprint density at radius 1 is 1.04 bits per heavy atom. The van der Waals surface area contributed by atoms with Gasteiger partial charge in [0.05, 0.1) is 0 Å². The average Bonchev–Trinajstić information content (AvgIpc) is 2.50. The zero-order chi connectivity index (χ0) is 18.4. The van der Waals surface area contributed by atoms with Gasteiger partial charge in [-0.05, 0) is 71.1 Å².